The average Bonchev–Trinajstić information content (AvgIpc) is 2.62. The first kappa shape index (κ1) is 22.7. The van der Waals surface area contributed by atoms with Crippen LogP contribution in [0.4, 0.5) is 0 Å². The molecule has 0 aromatic heterocycles. The van der Waals surface area contributed by atoms with Crippen LogP contribution >= 0.6 is 0 Å². The van der Waals surface area contributed by atoms with Crippen LogP contribution in [0.3, 0.4) is 0 Å². The van der Waals surface area contributed by atoms with Gasteiger partial charge in [-0.15, -0.1) is 0 Å². The molecule has 6 heteroatoms. The van der Waals surface area contributed by atoms with E-state index in [1.54, 1.807) is 35.5 Å². The fourth-order valence-electron chi connectivity index (χ4n) is 1.90. The Kier molecular flexibility index (Phi) is 13.5. The molecular formula is C16H33N3O3. The van der Waals surface area contributed by atoms with Gasteiger partial charge in [-0.3, -0.25) is 14.4 Å². The summed E-state index contributed by atoms with van der Waals surface area (Å²) in [7, 11) is 0. The van der Waals surface area contributed by atoms with Gasteiger partial charge in [0, 0.05) is 19.3 Å². The van der Waals surface area contributed by atoms with E-state index in [2.05, 4.69) is 0 Å². The summed E-state index contributed by atoms with van der Waals surface area (Å²) in [4.78, 5) is 39.8. The number of carbonyl (C=O) groups excluding carboxylic acids is 3. The molecule has 1 rings (SSSR count). The molecule has 6 nitrogen and oxygen atoms in total. The Morgan fingerprint density at radius 2 is 0.773 bits per heavy atom. The van der Waals surface area contributed by atoms with Crippen LogP contribution in [0.1, 0.15) is 67.7 Å². The second kappa shape index (κ2) is 13.1. The lowest BCUT2D eigenvalue weighted by Crippen LogP contribution is -2.59. The first-order valence-corrected chi connectivity index (χ1v) is 8.36. The normalized spacial score (nSPS) is 13.5. The predicted molar refractivity (Wildman–Crippen MR) is 88.7 cm³/mol. The molecule has 0 aromatic carbocycles. The molecule has 130 valence electrons. The summed E-state index contributed by atoms with van der Waals surface area (Å²) in [6, 6.07) is 0. The van der Waals surface area contributed by atoms with Crippen LogP contribution in [0.5, 0.6) is 0 Å². The van der Waals surface area contributed by atoms with E-state index in [0.29, 0.717) is 19.3 Å². The zero-order valence-corrected chi connectivity index (χ0v) is 15.3. The molecule has 0 aliphatic carbocycles. The molecule has 1 aliphatic rings. The van der Waals surface area contributed by atoms with Crippen molar-refractivity contribution in [3.05, 3.63) is 0 Å². The Labute approximate surface area is 135 Å². The van der Waals surface area contributed by atoms with Gasteiger partial charge in [0.2, 0.25) is 17.7 Å². The maximum absolute atomic E-state index is 11.7. The van der Waals surface area contributed by atoms with Gasteiger partial charge in [0.1, 0.15) is 0 Å². The van der Waals surface area contributed by atoms with E-state index >= 15 is 0 Å². The Balaban J connectivity index is 0. The largest absolute Gasteiger partial charge is 0.307 e. The van der Waals surface area contributed by atoms with Crippen LogP contribution < -0.4 is 0 Å². The number of nitrogens with zero attached hydrogens (tertiary/aromatic N) is 3. The molecule has 0 aromatic rings. The second-order valence-corrected chi connectivity index (χ2v) is 4.29. The first-order chi connectivity index (χ1) is 10.5. The minimum Gasteiger partial charge on any atom is -0.307 e. The summed E-state index contributed by atoms with van der Waals surface area (Å²) in [6.07, 6.45) is 1.13. The average molecular weight is 315 g/mol. The van der Waals surface area contributed by atoms with Crippen molar-refractivity contribution in [1.82, 2.24) is 14.7 Å². The fraction of sp³-hybridized carbons (Fsp3) is 0.812. The standard InChI is InChI=1S/C12H21N3O3.2C2H6/c1-4-10(16)13-7-14(11(17)5-2)9-15(8-13)12(18)6-3;2*1-2/h4-9H2,1-3H3;2*1-2H3. The van der Waals surface area contributed by atoms with Crippen molar-refractivity contribution in [2.45, 2.75) is 67.7 Å². The summed E-state index contributed by atoms with van der Waals surface area (Å²) >= 11 is 0. The lowest BCUT2D eigenvalue weighted by atomic mass is 10.3. The van der Waals surface area contributed by atoms with Crippen LogP contribution in [0, 0.1) is 0 Å². The van der Waals surface area contributed by atoms with Gasteiger partial charge in [0.15, 0.2) is 0 Å². The molecule has 1 fully saturated rings. The molecule has 3 amide bonds. The molecule has 22 heavy (non-hydrogen) atoms. The topological polar surface area (TPSA) is 60.9 Å². The third-order valence-electron chi connectivity index (χ3n) is 2.99. The summed E-state index contributed by atoms with van der Waals surface area (Å²) in [5.74, 6) is -0.132. The monoisotopic (exact) mass is 315 g/mol. The second-order valence-electron chi connectivity index (χ2n) is 4.29. The van der Waals surface area contributed by atoms with Gasteiger partial charge in [-0.25, -0.2) is 0 Å². The van der Waals surface area contributed by atoms with Crippen molar-refractivity contribution < 1.29 is 14.4 Å². The number of amides is 3. The third-order valence-corrected chi connectivity index (χ3v) is 2.99. The molecule has 1 saturated heterocycles. The molecule has 0 unspecified atom stereocenters. The van der Waals surface area contributed by atoms with Crippen LogP contribution in [0.15, 0.2) is 0 Å². The lowest BCUT2D eigenvalue weighted by Gasteiger charge is -2.42. The number of rotatable bonds is 3. The van der Waals surface area contributed by atoms with E-state index in [1.807, 2.05) is 27.7 Å². The smallest absolute Gasteiger partial charge is 0.225 e. The SMILES string of the molecule is CC.CC.CCC(=O)N1CN(C(=O)CC)CN(C(=O)CC)C1. The third kappa shape index (κ3) is 6.91. The maximum atomic E-state index is 11.7. The Bertz CT molecular complexity index is 287. The van der Waals surface area contributed by atoms with Gasteiger partial charge in [0.05, 0.1) is 20.0 Å². The molecular weight excluding hydrogens is 282 g/mol. The molecule has 0 N–H and O–H groups in total. The summed E-state index contributed by atoms with van der Waals surface area (Å²) in [6.45, 7) is 14.2. The van der Waals surface area contributed by atoms with Crippen molar-refractivity contribution in [2.24, 2.45) is 0 Å². The quantitative estimate of drug-likeness (QED) is 0.804. The molecule has 0 spiro atoms. The van der Waals surface area contributed by atoms with Gasteiger partial charge < -0.3 is 14.7 Å². The van der Waals surface area contributed by atoms with Crippen LogP contribution in [0.25, 0.3) is 0 Å². The van der Waals surface area contributed by atoms with Crippen LogP contribution in [-0.2, 0) is 14.4 Å². The van der Waals surface area contributed by atoms with E-state index < -0.39 is 0 Å². The van der Waals surface area contributed by atoms with Gasteiger partial charge in [0.25, 0.3) is 0 Å². The summed E-state index contributed by atoms with van der Waals surface area (Å²) < 4.78 is 0. The van der Waals surface area contributed by atoms with Crippen molar-refractivity contribution in [3.63, 3.8) is 0 Å². The first-order valence-electron chi connectivity index (χ1n) is 8.36. The minimum absolute atomic E-state index is 0.0440. The molecule has 0 bridgehead atoms. The van der Waals surface area contributed by atoms with Crippen molar-refractivity contribution in [2.75, 3.05) is 20.0 Å². The van der Waals surface area contributed by atoms with Crippen molar-refractivity contribution in [3.8, 4) is 0 Å². The Morgan fingerprint density at radius 3 is 0.909 bits per heavy atom. The highest BCUT2D eigenvalue weighted by Gasteiger charge is 2.29. The Morgan fingerprint density at radius 1 is 0.591 bits per heavy atom. The van der Waals surface area contributed by atoms with E-state index in [9.17, 15) is 14.4 Å². The zero-order chi connectivity index (χ0) is 17.7. The number of carbonyl (C=O) groups is 3. The Hall–Kier alpha value is -1.59. The van der Waals surface area contributed by atoms with Gasteiger partial charge >= 0.3 is 0 Å². The molecule has 1 heterocycles. The highest BCUT2D eigenvalue weighted by atomic mass is 16.2. The predicted octanol–water partition coefficient (Wildman–Crippen LogP) is 2.64. The van der Waals surface area contributed by atoms with E-state index in [-0.39, 0.29) is 37.7 Å². The zero-order valence-electron chi connectivity index (χ0n) is 15.3. The van der Waals surface area contributed by atoms with Crippen LogP contribution in [-0.4, -0.2) is 52.4 Å². The molecule has 0 saturated carbocycles. The highest BCUT2D eigenvalue weighted by Crippen LogP contribution is 2.11. The van der Waals surface area contributed by atoms with Gasteiger partial charge in [-0.05, 0) is 0 Å². The van der Waals surface area contributed by atoms with Crippen LogP contribution in [0.2, 0.25) is 0 Å². The van der Waals surface area contributed by atoms with E-state index in [0.717, 1.165) is 0 Å². The maximum Gasteiger partial charge on any atom is 0.225 e. The van der Waals surface area contributed by atoms with Gasteiger partial charge in [-0.1, -0.05) is 48.5 Å². The summed E-state index contributed by atoms with van der Waals surface area (Å²) in [5, 5.41) is 0. The minimum atomic E-state index is -0.0440. The fourth-order valence-corrected chi connectivity index (χ4v) is 1.90. The number of hydrogen-bond donors (Lipinski definition) is 0. The molecule has 0 atom stereocenters. The van der Waals surface area contributed by atoms with E-state index in [1.165, 1.54) is 0 Å². The molecule has 1 aliphatic heterocycles. The van der Waals surface area contributed by atoms with E-state index in [4.69, 9.17) is 0 Å². The highest BCUT2D eigenvalue weighted by molar-refractivity contribution is 5.81. The molecule has 0 radical (unpaired) electrons. The van der Waals surface area contributed by atoms with Crippen molar-refractivity contribution in [1.29, 1.82) is 0 Å². The lowest BCUT2D eigenvalue weighted by molar-refractivity contribution is -0.158. The van der Waals surface area contributed by atoms with Crippen molar-refractivity contribution >= 4 is 17.7 Å². The number of hydrogen-bond acceptors (Lipinski definition) is 3. The van der Waals surface area contributed by atoms with Gasteiger partial charge in [-0.2, -0.15) is 0 Å². The summed E-state index contributed by atoms with van der Waals surface area (Å²) in [5.41, 5.74) is 0.